The van der Waals surface area contributed by atoms with E-state index in [0.29, 0.717) is 18.8 Å². The number of carbonyl (C=O) groups is 2. The predicted molar refractivity (Wildman–Crippen MR) is 85.7 cm³/mol. The molecule has 2 aliphatic rings. The molecule has 6 nitrogen and oxygen atoms in total. The van der Waals surface area contributed by atoms with Gasteiger partial charge < -0.3 is 4.90 Å². The number of rotatable bonds is 3. The first kappa shape index (κ1) is 15.3. The third kappa shape index (κ3) is 2.39. The monoisotopic (exact) mass is 320 g/mol. The Hall–Kier alpha value is -1.57. The van der Waals surface area contributed by atoms with Gasteiger partial charge in [0.25, 0.3) is 0 Å². The fourth-order valence-electron chi connectivity index (χ4n) is 3.34. The zero-order valence-corrected chi connectivity index (χ0v) is 13.3. The van der Waals surface area contributed by atoms with Gasteiger partial charge in [-0.1, -0.05) is 30.3 Å². The predicted octanol–water partition coefficient (Wildman–Crippen LogP) is 0.109. The lowest BCUT2D eigenvalue weighted by atomic mass is 9.87. The molecule has 0 aliphatic carbocycles. The van der Waals surface area contributed by atoms with Gasteiger partial charge in [0.15, 0.2) is 0 Å². The molecular weight excluding hydrogens is 300 g/mol. The number of amides is 2. The van der Waals surface area contributed by atoms with E-state index >= 15 is 0 Å². The second-order valence-electron chi connectivity index (χ2n) is 5.75. The second kappa shape index (κ2) is 5.91. The number of nitrogens with two attached hydrogens (primary N) is 1. The van der Waals surface area contributed by atoms with Gasteiger partial charge in [0.1, 0.15) is 5.37 Å². The van der Waals surface area contributed by atoms with E-state index in [4.69, 9.17) is 5.84 Å². The number of piperazine rings is 1. The molecule has 0 saturated carbocycles. The number of fused-ring (bicyclic) bond motifs is 1. The van der Waals surface area contributed by atoms with E-state index < -0.39 is 5.54 Å². The van der Waals surface area contributed by atoms with Crippen LogP contribution in [0.1, 0.15) is 12.5 Å². The molecule has 22 heavy (non-hydrogen) atoms. The molecule has 0 spiro atoms. The highest BCUT2D eigenvalue weighted by molar-refractivity contribution is 8.01. The number of hydrazine groups is 1. The lowest BCUT2D eigenvalue weighted by Gasteiger charge is -2.52. The van der Waals surface area contributed by atoms with Crippen LogP contribution < -0.4 is 11.3 Å². The van der Waals surface area contributed by atoms with Crippen molar-refractivity contribution in [1.82, 2.24) is 15.2 Å². The van der Waals surface area contributed by atoms with Gasteiger partial charge in [0.2, 0.25) is 11.8 Å². The number of hydrogen-bond donors (Lipinski definition) is 2. The number of hydrogen-bond acceptors (Lipinski definition) is 5. The molecule has 2 heterocycles. The lowest BCUT2D eigenvalue weighted by Crippen LogP contribution is -2.64. The first-order valence-corrected chi connectivity index (χ1v) is 8.33. The maximum atomic E-state index is 12.1. The summed E-state index contributed by atoms with van der Waals surface area (Å²) in [6, 6.07) is 10.1. The van der Waals surface area contributed by atoms with Crippen LogP contribution in [0, 0.1) is 0 Å². The summed E-state index contributed by atoms with van der Waals surface area (Å²) in [6.07, 6.45) is 0. The van der Waals surface area contributed by atoms with Crippen molar-refractivity contribution in [2.45, 2.75) is 17.8 Å². The average Bonchev–Trinajstić information content (AvgIpc) is 2.93. The summed E-state index contributed by atoms with van der Waals surface area (Å²) in [5.41, 5.74) is 2.90. The third-order valence-corrected chi connectivity index (χ3v) is 6.01. The smallest absolute Gasteiger partial charge is 0.248 e. The minimum atomic E-state index is -0.414. The molecule has 2 atom stereocenters. The van der Waals surface area contributed by atoms with Crippen LogP contribution in [0.15, 0.2) is 30.3 Å². The maximum Gasteiger partial charge on any atom is 0.248 e. The van der Waals surface area contributed by atoms with Crippen LogP contribution in [-0.2, 0) is 15.1 Å². The SMILES string of the molecule is CC1(c2ccccc2)C2SCC(=O)N2CCN1CC(=O)NN. The molecule has 0 aromatic heterocycles. The van der Waals surface area contributed by atoms with Crippen molar-refractivity contribution in [2.75, 3.05) is 25.4 Å². The van der Waals surface area contributed by atoms with Gasteiger partial charge in [-0.15, -0.1) is 11.8 Å². The fourth-order valence-corrected chi connectivity index (χ4v) is 4.82. The van der Waals surface area contributed by atoms with Crippen molar-refractivity contribution < 1.29 is 9.59 Å². The van der Waals surface area contributed by atoms with Crippen LogP contribution >= 0.6 is 11.8 Å². The third-order valence-electron chi connectivity index (χ3n) is 4.57. The summed E-state index contributed by atoms with van der Waals surface area (Å²) in [6.45, 7) is 3.63. The molecule has 2 fully saturated rings. The van der Waals surface area contributed by atoms with Gasteiger partial charge in [-0.3, -0.25) is 19.9 Å². The molecule has 2 aliphatic heterocycles. The van der Waals surface area contributed by atoms with Crippen LogP contribution in [0.5, 0.6) is 0 Å². The number of carbonyl (C=O) groups excluding carboxylic acids is 2. The normalized spacial score (nSPS) is 28.5. The van der Waals surface area contributed by atoms with Crippen LogP contribution in [0.2, 0.25) is 0 Å². The van der Waals surface area contributed by atoms with Crippen molar-refractivity contribution in [3.8, 4) is 0 Å². The van der Waals surface area contributed by atoms with Crippen molar-refractivity contribution >= 4 is 23.6 Å². The van der Waals surface area contributed by atoms with Gasteiger partial charge in [-0.25, -0.2) is 5.84 Å². The topological polar surface area (TPSA) is 78.7 Å². The van der Waals surface area contributed by atoms with E-state index in [9.17, 15) is 9.59 Å². The Bertz CT molecular complexity index is 582. The first-order valence-electron chi connectivity index (χ1n) is 7.28. The standard InChI is InChI=1S/C15H20N4O2S/c1-15(11-5-3-2-4-6-11)14-19(13(21)10-22-14)8-7-18(15)9-12(20)17-16/h2-6,14H,7-10,16H2,1H3,(H,17,20). The number of thioether (sulfide) groups is 1. The lowest BCUT2D eigenvalue weighted by molar-refractivity contribution is -0.136. The largest absolute Gasteiger partial charge is 0.326 e. The molecule has 2 amide bonds. The van der Waals surface area contributed by atoms with E-state index in [1.54, 1.807) is 11.8 Å². The van der Waals surface area contributed by atoms with Crippen LogP contribution in [0.25, 0.3) is 0 Å². The molecule has 1 aromatic carbocycles. The molecule has 0 radical (unpaired) electrons. The molecule has 0 bridgehead atoms. The summed E-state index contributed by atoms with van der Waals surface area (Å²) >= 11 is 1.65. The zero-order valence-electron chi connectivity index (χ0n) is 12.5. The molecule has 118 valence electrons. The fraction of sp³-hybridized carbons (Fsp3) is 0.467. The van der Waals surface area contributed by atoms with E-state index in [0.717, 1.165) is 5.56 Å². The molecule has 2 unspecified atom stereocenters. The maximum absolute atomic E-state index is 12.1. The minimum Gasteiger partial charge on any atom is -0.326 e. The quantitative estimate of drug-likeness (QED) is 0.469. The molecule has 7 heteroatoms. The number of nitrogens with zero attached hydrogens (tertiary/aromatic N) is 2. The Balaban J connectivity index is 2.00. The Kier molecular flexibility index (Phi) is 4.12. The molecule has 3 N–H and O–H groups in total. The summed E-state index contributed by atoms with van der Waals surface area (Å²) in [5.74, 6) is 5.72. The van der Waals surface area contributed by atoms with Crippen molar-refractivity contribution in [3.63, 3.8) is 0 Å². The molecule has 3 rings (SSSR count). The zero-order chi connectivity index (χ0) is 15.7. The highest BCUT2D eigenvalue weighted by atomic mass is 32.2. The van der Waals surface area contributed by atoms with E-state index in [2.05, 4.69) is 29.4 Å². The second-order valence-corrected chi connectivity index (χ2v) is 6.82. The Morgan fingerprint density at radius 1 is 1.41 bits per heavy atom. The number of benzene rings is 1. The summed E-state index contributed by atoms with van der Waals surface area (Å²) in [5, 5.41) is 0.0155. The van der Waals surface area contributed by atoms with Gasteiger partial charge in [0.05, 0.1) is 17.8 Å². The number of nitrogens with one attached hydrogen (secondary N) is 1. The highest BCUT2D eigenvalue weighted by Crippen LogP contribution is 2.45. The summed E-state index contributed by atoms with van der Waals surface area (Å²) in [7, 11) is 0. The molecule has 2 saturated heterocycles. The Morgan fingerprint density at radius 3 is 2.82 bits per heavy atom. The van der Waals surface area contributed by atoms with Crippen molar-refractivity contribution in [1.29, 1.82) is 0 Å². The molecular formula is C15H20N4O2S. The van der Waals surface area contributed by atoms with Gasteiger partial charge >= 0.3 is 0 Å². The van der Waals surface area contributed by atoms with E-state index in [1.807, 2.05) is 23.1 Å². The Labute approximate surface area is 134 Å². The van der Waals surface area contributed by atoms with Gasteiger partial charge in [0, 0.05) is 13.1 Å². The highest BCUT2D eigenvalue weighted by Gasteiger charge is 2.52. The Morgan fingerprint density at radius 2 is 2.14 bits per heavy atom. The van der Waals surface area contributed by atoms with Crippen LogP contribution in [0.3, 0.4) is 0 Å². The van der Waals surface area contributed by atoms with Crippen LogP contribution in [0.4, 0.5) is 0 Å². The van der Waals surface area contributed by atoms with Crippen LogP contribution in [-0.4, -0.2) is 52.4 Å². The summed E-state index contributed by atoms with van der Waals surface area (Å²) in [4.78, 5) is 28.0. The van der Waals surface area contributed by atoms with E-state index in [1.165, 1.54) is 0 Å². The molecule has 1 aromatic rings. The van der Waals surface area contributed by atoms with E-state index in [-0.39, 0.29) is 23.7 Å². The van der Waals surface area contributed by atoms with Crippen molar-refractivity contribution in [2.24, 2.45) is 5.84 Å². The minimum absolute atomic E-state index is 0.0155. The van der Waals surface area contributed by atoms with Gasteiger partial charge in [-0.05, 0) is 12.5 Å². The average molecular weight is 320 g/mol. The van der Waals surface area contributed by atoms with Crippen molar-refractivity contribution in [3.05, 3.63) is 35.9 Å². The first-order chi connectivity index (χ1) is 10.6. The van der Waals surface area contributed by atoms with Gasteiger partial charge in [-0.2, -0.15) is 0 Å². The summed E-state index contributed by atoms with van der Waals surface area (Å²) < 4.78 is 0.